The Bertz CT molecular complexity index is 1290. The van der Waals surface area contributed by atoms with E-state index in [1.54, 1.807) is 48.7 Å². The molecular formula is C25H20ClF3N4O2. The average molecular weight is 501 g/mol. The van der Waals surface area contributed by atoms with Gasteiger partial charge < -0.3 is 9.47 Å². The highest BCUT2D eigenvalue weighted by atomic mass is 35.5. The lowest BCUT2D eigenvalue weighted by Crippen LogP contribution is -2.28. The molecule has 0 saturated heterocycles. The van der Waals surface area contributed by atoms with Crippen molar-refractivity contribution < 1.29 is 22.6 Å². The summed E-state index contributed by atoms with van der Waals surface area (Å²) in [5.74, 6) is 7.51. The van der Waals surface area contributed by atoms with Gasteiger partial charge in [0.1, 0.15) is 13.2 Å². The second kappa shape index (κ2) is 10.6. The van der Waals surface area contributed by atoms with Gasteiger partial charge in [-0.1, -0.05) is 35.9 Å². The molecule has 180 valence electrons. The summed E-state index contributed by atoms with van der Waals surface area (Å²) in [6, 6.07) is 18.8. The molecule has 0 aliphatic carbocycles. The molecule has 35 heavy (non-hydrogen) atoms. The van der Waals surface area contributed by atoms with Crippen LogP contribution >= 0.6 is 11.6 Å². The number of hydrazine groups is 1. The second-order valence-corrected chi connectivity index (χ2v) is 7.86. The van der Waals surface area contributed by atoms with Crippen LogP contribution in [0.1, 0.15) is 16.7 Å². The van der Waals surface area contributed by atoms with Crippen LogP contribution in [0.4, 0.5) is 24.8 Å². The van der Waals surface area contributed by atoms with Crippen molar-refractivity contribution in [2.24, 2.45) is 5.84 Å². The maximum absolute atomic E-state index is 13.0. The number of nitrogens with two attached hydrogens (primary N) is 1. The molecule has 6 nitrogen and oxygen atoms in total. The number of ether oxygens (including phenoxy) is 2. The molecule has 0 amide bonds. The number of anilines is 2. The highest BCUT2D eigenvalue weighted by Gasteiger charge is 2.30. The zero-order valence-corrected chi connectivity index (χ0v) is 19.0. The molecule has 2 aromatic carbocycles. The van der Waals surface area contributed by atoms with Crippen LogP contribution < -0.4 is 20.3 Å². The van der Waals surface area contributed by atoms with Crippen molar-refractivity contribution in [2.75, 3.05) is 5.01 Å². The van der Waals surface area contributed by atoms with Gasteiger partial charge >= 0.3 is 6.18 Å². The highest BCUT2D eigenvalue weighted by molar-refractivity contribution is 6.30. The normalized spacial score (nSPS) is 11.2. The van der Waals surface area contributed by atoms with Crippen LogP contribution in [0, 0.1) is 0 Å². The Morgan fingerprint density at radius 3 is 1.91 bits per heavy atom. The van der Waals surface area contributed by atoms with Crippen LogP contribution in [0.5, 0.6) is 11.5 Å². The monoisotopic (exact) mass is 500 g/mol. The maximum Gasteiger partial charge on any atom is 0.416 e. The molecule has 4 aromatic rings. The molecule has 10 heteroatoms. The zero-order valence-electron chi connectivity index (χ0n) is 18.2. The van der Waals surface area contributed by atoms with E-state index in [0.717, 1.165) is 17.7 Å². The van der Waals surface area contributed by atoms with E-state index in [0.29, 0.717) is 16.3 Å². The molecular weight excluding hydrogens is 481 g/mol. The number of hydrogen-bond donors (Lipinski definition) is 1. The van der Waals surface area contributed by atoms with Gasteiger partial charge in [0.15, 0.2) is 23.1 Å². The van der Waals surface area contributed by atoms with Crippen molar-refractivity contribution in [3.05, 3.63) is 107 Å². The summed E-state index contributed by atoms with van der Waals surface area (Å²) >= 11 is 5.93. The van der Waals surface area contributed by atoms with Crippen molar-refractivity contribution in [3.8, 4) is 11.5 Å². The molecule has 0 bridgehead atoms. The number of aromatic nitrogens is 2. The molecule has 0 saturated carbocycles. The van der Waals surface area contributed by atoms with Crippen LogP contribution in [0.15, 0.2) is 85.2 Å². The Balaban J connectivity index is 1.52. The Labute approximate surface area is 204 Å². The van der Waals surface area contributed by atoms with Gasteiger partial charge in [-0.3, -0.25) is 0 Å². The van der Waals surface area contributed by atoms with E-state index < -0.39 is 11.7 Å². The van der Waals surface area contributed by atoms with Crippen molar-refractivity contribution in [2.45, 2.75) is 19.4 Å². The number of benzene rings is 2. The molecule has 0 spiro atoms. The van der Waals surface area contributed by atoms with E-state index in [1.807, 2.05) is 12.1 Å². The molecule has 0 unspecified atom stereocenters. The molecule has 4 rings (SSSR count). The van der Waals surface area contributed by atoms with Crippen LogP contribution in [-0.4, -0.2) is 9.97 Å². The number of hydrogen-bond acceptors (Lipinski definition) is 6. The van der Waals surface area contributed by atoms with Crippen LogP contribution in [0.25, 0.3) is 0 Å². The van der Waals surface area contributed by atoms with Gasteiger partial charge in [0.25, 0.3) is 0 Å². The lowest BCUT2D eigenvalue weighted by molar-refractivity contribution is -0.137. The third-order valence-corrected chi connectivity index (χ3v) is 5.17. The lowest BCUT2D eigenvalue weighted by atomic mass is 10.1. The molecule has 0 fully saturated rings. The van der Waals surface area contributed by atoms with Gasteiger partial charge in [-0.2, -0.15) is 13.2 Å². The van der Waals surface area contributed by atoms with Gasteiger partial charge in [0.05, 0.1) is 5.56 Å². The molecule has 0 atom stereocenters. The Kier molecular flexibility index (Phi) is 7.38. The highest BCUT2D eigenvalue weighted by Crippen LogP contribution is 2.34. The summed E-state index contributed by atoms with van der Waals surface area (Å²) < 4.78 is 50.7. The van der Waals surface area contributed by atoms with Crippen molar-refractivity contribution in [3.63, 3.8) is 0 Å². The van der Waals surface area contributed by atoms with Gasteiger partial charge in [-0.15, -0.1) is 0 Å². The average Bonchev–Trinajstić information content (AvgIpc) is 2.87. The number of alkyl halides is 3. The smallest absolute Gasteiger partial charge is 0.416 e. The van der Waals surface area contributed by atoms with Crippen LogP contribution in [0.2, 0.25) is 5.02 Å². The van der Waals surface area contributed by atoms with E-state index in [2.05, 4.69) is 9.97 Å². The van der Waals surface area contributed by atoms with Crippen molar-refractivity contribution in [1.82, 2.24) is 9.97 Å². The summed E-state index contributed by atoms with van der Waals surface area (Å²) in [6.07, 6.45) is -1.37. The minimum atomic E-state index is -4.44. The maximum atomic E-state index is 13.0. The van der Waals surface area contributed by atoms with E-state index in [-0.39, 0.29) is 30.6 Å². The van der Waals surface area contributed by atoms with E-state index in [4.69, 9.17) is 26.9 Å². The predicted molar refractivity (Wildman–Crippen MR) is 126 cm³/mol. The predicted octanol–water partition coefficient (Wildman–Crippen LogP) is 6.32. The molecule has 2 N–H and O–H groups in total. The van der Waals surface area contributed by atoms with Gasteiger partial charge in [-0.25, -0.2) is 20.8 Å². The lowest BCUT2D eigenvalue weighted by Gasteiger charge is -2.22. The van der Waals surface area contributed by atoms with Gasteiger partial charge in [0.2, 0.25) is 0 Å². The number of pyridine rings is 2. The Morgan fingerprint density at radius 1 is 0.771 bits per heavy atom. The fourth-order valence-corrected chi connectivity index (χ4v) is 3.32. The first kappa shape index (κ1) is 24.3. The fraction of sp³-hybridized carbons (Fsp3) is 0.120. The van der Waals surface area contributed by atoms with E-state index in [9.17, 15) is 13.2 Å². The molecule has 0 aliphatic rings. The van der Waals surface area contributed by atoms with Crippen LogP contribution in [0.3, 0.4) is 0 Å². The van der Waals surface area contributed by atoms with Crippen molar-refractivity contribution in [1.29, 1.82) is 0 Å². The zero-order chi connectivity index (χ0) is 24.8. The van der Waals surface area contributed by atoms with Gasteiger partial charge in [0, 0.05) is 17.4 Å². The number of rotatable bonds is 8. The standard InChI is InChI=1S/C25H20ClF3N4O2/c26-20-10-8-17(9-11-20)15-34-21-6-2-12-31-23(21)33(30)24-22(7-3-13-32-24)35-16-18-4-1-5-19(14-18)25(27,28)29/h1-14H,15-16,30H2. The molecule has 2 heterocycles. The molecule has 2 aromatic heterocycles. The summed E-state index contributed by atoms with van der Waals surface area (Å²) in [7, 11) is 0. The number of nitrogens with zero attached hydrogens (tertiary/aromatic N) is 3. The Hall–Kier alpha value is -3.82. The summed E-state index contributed by atoms with van der Waals surface area (Å²) in [5, 5.41) is 1.83. The molecule has 0 aliphatic heterocycles. The van der Waals surface area contributed by atoms with Gasteiger partial charge in [-0.05, 0) is 59.7 Å². The van der Waals surface area contributed by atoms with E-state index >= 15 is 0 Å². The quantitative estimate of drug-likeness (QED) is 0.225. The first-order valence-electron chi connectivity index (χ1n) is 10.4. The largest absolute Gasteiger partial charge is 0.485 e. The fourth-order valence-electron chi connectivity index (χ4n) is 3.19. The minimum Gasteiger partial charge on any atom is -0.485 e. The summed E-state index contributed by atoms with van der Waals surface area (Å²) in [4.78, 5) is 8.59. The minimum absolute atomic E-state index is 0.113. The van der Waals surface area contributed by atoms with E-state index in [1.165, 1.54) is 17.3 Å². The second-order valence-electron chi connectivity index (χ2n) is 7.42. The summed E-state index contributed by atoms with van der Waals surface area (Å²) in [5.41, 5.74) is 0.500. The van der Waals surface area contributed by atoms with Crippen molar-refractivity contribution >= 4 is 23.2 Å². The molecule has 0 radical (unpaired) electrons. The third kappa shape index (κ3) is 6.20. The topological polar surface area (TPSA) is 73.5 Å². The first-order valence-corrected chi connectivity index (χ1v) is 10.8. The Morgan fingerprint density at radius 2 is 1.34 bits per heavy atom. The summed E-state index contributed by atoms with van der Waals surface area (Å²) in [6.45, 7) is 0.142. The SMILES string of the molecule is NN(c1ncccc1OCc1ccc(Cl)cc1)c1ncccc1OCc1cccc(C(F)(F)F)c1. The van der Waals surface area contributed by atoms with Crippen LogP contribution in [-0.2, 0) is 19.4 Å². The third-order valence-electron chi connectivity index (χ3n) is 4.91. The first-order chi connectivity index (χ1) is 16.8. The number of halogens is 4.